The third kappa shape index (κ3) is 3.33. The summed E-state index contributed by atoms with van der Waals surface area (Å²) >= 11 is 0. The van der Waals surface area contributed by atoms with Crippen LogP contribution in [0, 0.1) is 17.5 Å². The first-order valence-corrected chi connectivity index (χ1v) is 6.31. The fraction of sp³-hybridized carbons (Fsp3) is 0.214. The highest BCUT2D eigenvalue weighted by Gasteiger charge is 2.18. The number of carbonyl (C=O) groups excluding carboxylic acids is 1. The van der Waals surface area contributed by atoms with E-state index in [2.05, 4.69) is 15.3 Å². The van der Waals surface area contributed by atoms with E-state index >= 15 is 0 Å². The maximum absolute atomic E-state index is 13.5. The molecule has 1 heterocycles. The molecular weight excluding hydrogens is 297 g/mol. The number of aromatic nitrogens is 2. The molecule has 0 aliphatic carbocycles. The Morgan fingerprint density at radius 3 is 2.59 bits per heavy atom. The number of rotatable bonds is 4. The van der Waals surface area contributed by atoms with Crippen LogP contribution in [0.4, 0.5) is 19.1 Å². The highest BCUT2D eigenvalue weighted by molar-refractivity contribution is 5.94. The van der Waals surface area contributed by atoms with E-state index in [-0.39, 0.29) is 6.54 Å². The number of amides is 1. The van der Waals surface area contributed by atoms with Gasteiger partial charge in [0, 0.05) is 20.3 Å². The van der Waals surface area contributed by atoms with Gasteiger partial charge in [0.1, 0.15) is 0 Å². The van der Waals surface area contributed by atoms with Gasteiger partial charge >= 0.3 is 0 Å². The Labute approximate surface area is 124 Å². The van der Waals surface area contributed by atoms with Crippen LogP contribution in [0.2, 0.25) is 0 Å². The second-order valence-corrected chi connectivity index (χ2v) is 4.65. The average molecular weight is 310 g/mol. The van der Waals surface area contributed by atoms with Gasteiger partial charge in [0.15, 0.2) is 17.5 Å². The highest BCUT2D eigenvalue weighted by atomic mass is 19.2. The molecule has 116 valence electrons. The molecule has 22 heavy (non-hydrogen) atoms. The van der Waals surface area contributed by atoms with Gasteiger partial charge in [0.25, 0.3) is 5.91 Å². The van der Waals surface area contributed by atoms with E-state index in [4.69, 9.17) is 0 Å². The van der Waals surface area contributed by atoms with Gasteiger partial charge in [0.05, 0.1) is 17.8 Å². The second-order valence-electron chi connectivity index (χ2n) is 4.65. The molecule has 1 N–H and O–H groups in total. The molecule has 0 aliphatic heterocycles. The van der Waals surface area contributed by atoms with Crippen LogP contribution in [0.3, 0.4) is 0 Å². The van der Waals surface area contributed by atoms with E-state index in [1.165, 1.54) is 6.20 Å². The van der Waals surface area contributed by atoms with E-state index in [0.717, 1.165) is 6.07 Å². The third-order valence-corrected chi connectivity index (χ3v) is 2.81. The van der Waals surface area contributed by atoms with Crippen molar-refractivity contribution in [2.75, 3.05) is 19.0 Å². The zero-order valence-electron chi connectivity index (χ0n) is 11.9. The predicted molar refractivity (Wildman–Crippen MR) is 73.8 cm³/mol. The van der Waals surface area contributed by atoms with Gasteiger partial charge in [-0.25, -0.2) is 23.1 Å². The number of carbonyl (C=O) groups is 1. The van der Waals surface area contributed by atoms with Crippen molar-refractivity contribution in [2.45, 2.75) is 6.54 Å². The minimum absolute atomic E-state index is 0.000624. The molecule has 5 nitrogen and oxygen atoms in total. The maximum Gasteiger partial charge on any atom is 0.254 e. The molecular formula is C14H13F3N4O. The van der Waals surface area contributed by atoms with Crippen molar-refractivity contribution in [3.05, 3.63) is 53.1 Å². The van der Waals surface area contributed by atoms with Crippen molar-refractivity contribution in [1.82, 2.24) is 15.3 Å². The van der Waals surface area contributed by atoms with E-state index < -0.39 is 28.9 Å². The lowest BCUT2D eigenvalue weighted by Crippen LogP contribution is -2.25. The van der Waals surface area contributed by atoms with Crippen LogP contribution in [0.25, 0.3) is 0 Å². The minimum atomic E-state index is -1.68. The first-order chi connectivity index (χ1) is 10.4. The van der Waals surface area contributed by atoms with Gasteiger partial charge in [-0.3, -0.25) is 4.79 Å². The summed E-state index contributed by atoms with van der Waals surface area (Å²) in [5.41, 5.74) is -0.0733. The van der Waals surface area contributed by atoms with Crippen LogP contribution in [0.5, 0.6) is 0 Å². The van der Waals surface area contributed by atoms with Crippen molar-refractivity contribution in [3.63, 3.8) is 0 Å². The largest absolute Gasteiger partial charge is 0.347 e. The zero-order chi connectivity index (χ0) is 16.3. The SMILES string of the molecule is CN(C)c1nccc(CNC(=O)c2ccc(F)c(F)c2F)n1. The molecule has 0 saturated carbocycles. The summed E-state index contributed by atoms with van der Waals surface area (Å²) in [5, 5.41) is 2.39. The molecule has 0 aliphatic rings. The Balaban J connectivity index is 2.10. The highest BCUT2D eigenvalue weighted by Crippen LogP contribution is 2.15. The Hall–Kier alpha value is -2.64. The smallest absolute Gasteiger partial charge is 0.254 e. The number of benzene rings is 1. The fourth-order valence-electron chi connectivity index (χ4n) is 1.67. The van der Waals surface area contributed by atoms with Crippen LogP contribution < -0.4 is 10.2 Å². The lowest BCUT2D eigenvalue weighted by Gasteiger charge is -2.11. The number of halogens is 3. The molecule has 0 fully saturated rings. The van der Waals surface area contributed by atoms with Crippen LogP contribution >= 0.6 is 0 Å². The zero-order valence-corrected chi connectivity index (χ0v) is 11.9. The molecule has 0 unspecified atom stereocenters. The number of nitrogens with one attached hydrogen (secondary N) is 1. The summed E-state index contributed by atoms with van der Waals surface area (Å²) in [6.45, 7) is 0.000624. The molecule has 2 rings (SSSR count). The lowest BCUT2D eigenvalue weighted by molar-refractivity contribution is 0.0945. The van der Waals surface area contributed by atoms with Gasteiger partial charge in [-0.05, 0) is 18.2 Å². The molecule has 1 amide bonds. The van der Waals surface area contributed by atoms with E-state index in [1.54, 1.807) is 25.1 Å². The summed E-state index contributed by atoms with van der Waals surface area (Å²) in [5.74, 6) is -4.95. The first-order valence-electron chi connectivity index (χ1n) is 6.31. The van der Waals surface area contributed by atoms with Gasteiger partial charge in [0.2, 0.25) is 5.95 Å². The van der Waals surface area contributed by atoms with Crippen molar-refractivity contribution in [2.24, 2.45) is 0 Å². The first kappa shape index (κ1) is 15.7. The molecule has 1 aromatic carbocycles. The number of anilines is 1. The van der Waals surface area contributed by atoms with Gasteiger partial charge < -0.3 is 10.2 Å². The van der Waals surface area contributed by atoms with E-state index in [1.807, 2.05) is 0 Å². The monoisotopic (exact) mass is 310 g/mol. The summed E-state index contributed by atoms with van der Waals surface area (Å²) < 4.78 is 39.4. The maximum atomic E-state index is 13.5. The summed E-state index contributed by atoms with van der Waals surface area (Å²) in [6, 6.07) is 3.16. The lowest BCUT2D eigenvalue weighted by atomic mass is 10.2. The second kappa shape index (κ2) is 6.42. The van der Waals surface area contributed by atoms with Crippen molar-refractivity contribution < 1.29 is 18.0 Å². The topological polar surface area (TPSA) is 58.1 Å². The quantitative estimate of drug-likeness (QED) is 0.876. The van der Waals surface area contributed by atoms with Crippen molar-refractivity contribution >= 4 is 11.9 Å². The van der Waals surface area contributed by atoms with Crippen LogP contribution in [-0.4, -0.2) is 30.0 Å². The van der Waals surface area contributed by atoms with Gasteiger partial charge in [-0.1, -0.05) is 0 Å². The predicted octanol–water partition coefficient (Wildman–Crippen LogP) is 1.89. The Morgan fingerprint density at radius 2 is 1.91 bits per heavy atom. The third-order valence-electron chi connectivity index (χ3n) is 2.81. The van der Waals surface area contributed by atoms with Crippen LogP contribution in [0.1, 0.15) is 16.1 Å². The standard InChI is InChI=1S/C14H13F3N4O/c1-21(2)14-18-6-5-8(20-14)7-19-13(22)9-3-4-10(15)12(17)11(9)16/h3-6H,7H2,1-2H3,(H,19,22). The van der Waals surface area contributed by atoms with Gasteiger partial charge in [-0.2, -0.15) is 0 Å². The summed E-state index contributed by atoms with van der Waals surface area (Å²) in [4.78, 5) is 21.7. The normalized spacial score (nSPS) is 10.4. The molecule has 0 bridgehead atoms. The Bertz CT molecular complexity index is 706. The van der Waals surface area contributed by atoms with E-state index in [0.29, 0.717) is 17.7 Å². The fourth-order valence-corrected chi connectivity index (χ4v) is 1.67. The molecule has 0 atom stereocenters. The molecule has 0 spiro atoms. The summed E-state index contributed by atoms with van der Waals surface area (Å²) in [7, 11) is 3.52. The van der Waals surface area contributed by atoms with Crippen LogP contribution in [0.15, 0.2) is 24.4 Å². The number of hydrogen-bond donors (Lipinski definition) is 1. The summed E-state index contributed by atoms with van der Waals surface area (Å²) in [6.07, 6.45) is 1.52. The minimum Gasteiger partial charge on any atom is -0.347 e. The molecule has 1 aromatic heterocycles. The number of hydrogen-bond acceptors (Lipinski definition) is 4. The molecule has 2 aromatic rings. The Morgan fingerprint density at radius 1 is 1.18 bits per heavy atom. The average Bonchev–Trinajstić information content (AvgIpc) is 2.50. The molecule has 0 radical (unpaired) electrons. The molecule has 0 saturated heterocycles. The van der Waals surface area contributed by atoms with Crippen LogP contribution in [-0.2, 0) is 6.54 Å². The molecule has 8 heteroatoms. The van der Waals surface area contributed by atoms with Gasteiger partial charge in [-0.15, -0.1) is 0 Å². The van der Waals surface area contributed by atoms with Crippen molar-refractivity contribution in [3.8, 4) is 0 Å². The Kier molecular flexibility index (Phi) is 4.59. The number of nitrogens with zero attached hydrogens (tertiary/aromatic N) is 3. The van der Waals surface area contributed by atoms with Crippen molar-refractivity contribution in [1.29, 1.82) is 0 Å². The van der Waals surface area contributed by atoms with E-state index in [9.17, 15) is 18.0 Å².